The third kappa shape index (κ3) is 5.88. The number of aliphatic imine (C=N–C) groups is 1. The predicted molar refractivity (Wildman–Crippen MR) is 97.3 cm³/mol. The van der Waals surface area contributed by atoms with E-state index in [2.05, 4.69) is 4.99 Å². The van der Waals surface area contributed by atoms with Gasteiger partial charge in [0.05, 0.1) is 29.9 Å². The van der Waals surface area contributed by atoms with E-state index in [4.69, 9.17) is 10.5 Å². The van der Waals surface area contributed by atoms with Crippen molar-refractivity contribution in [2.75, 3.05) is 32.0 Å². The smallest absolute Gasteiger partial charge is 0.191 e. The van der Waals surface area contributed by atoms with Crippen LogP contribution in [0.1, 0.15) is 6.92 Å². The van der Waals surface area contributed by atoms with Gasteiger partial charge in [-0.3, -0.25) is 4.99 Å². The summed E-state index contributed by atoms with van der Waals surface area (Å²) in [5.74, 6) is -0.314. The molecule has 0 amide bonds. The van der Waals surface area contributed by atoms with Gasteiger partial charge >= 0.3 is 0 Å². The van der Waals surface area contributed by atoms with Crippen LogP contribution in [0.4, 0.5) is 4.39 Å². The first-order chi connectivity index (χ1) is 10.4. The number of morpholine rings is 1. The fraction of sp³-hybridized carbons (Fsp3) is 0.500. The average Bonchev–Trinajstić information content (AvgIpc) is 2.47. The molecule has 2 rings (SSSR count). The first-order valence-corrected chi connectivity index (χ1v) is 8.68. The Morgan fingerprint density at radius 1 is 1.43 bits per heavy atom. The molecule has 0 aliphatic carbocycles. The van der Waals surface area contributed by atoms with Crippen LogP contribution in [0.3, 0.4) is 0 Å². The van der Waals surface area contributed by atoms with Gasteiger partial charge in [0.1, 0.15) is 5.82 Å². The van der Waals surface area contributed by atoms with Gasteiger partial charge in [0, 0.05) is 13.1 Å². The molecule has 0 radical (unpaired) electrons. The fourth-order valence-corrected chi connectivity index (χ4v) is 3.28. The van der Waals surface area contributed by atoms with E-state index in [0.717, 1.165) is 12.1 Å². The van der Waals surface area contributed by atoms with E-state index in [1.54, 1.807) is 0 Å². The zero-order valence-corrected chi connectivity index (χ0v) is 16.0. The van der Waals surface area contributed by atoms with Crippen LogP contribution in [0.5, 0.6) is 0 Å². The molecule has 1 atom stereocenters. The van der Waals surface area contributed by atoms with Crippen LogP contribution in [0.25, 0.3) is 0 Å². The number of hydrogen-bond acceptors (Lipinski definition) is 4. The van der Waals surface area contributed by atoms with E-state index >= 15 is 0 Å². The van der Waals surface area contributed by atoms with Gasteiger partial charge in [0.15, 0.2) is 15.8 Å². The van der Waals surface area contributed by atoms with Crippen LogP contribution < -0.4 is 5.73 Å². The molecule has 0 spiro atoms. The van der Waals surface area contributed by atoms with Gasteiger partial charge < -0.3 is 15.4 Å². The molecule has 0 bridgehead atoms. The number of sulfone groups is 1. The molecule has 1 aromatic rings. The Morgan fingerprint density at radius 3 is 2.70 bits per heavy atom. The molecule has 1 heterocycles. The number of hydrogen-bond donors (Lipinski definition) is 1. The van der Waals surface area contributed by atoms with Crippen molar-refractivity contribution in [3.05, 3.63) is 30.1 Å². The number of halogens is 2. The summed E-state index contributed by atoms with van der Waals surface area (Å²) in [4.78, 5) is 6.08. The monoisotopic (exact) mass is 457 g/mol. The Balaban J connectivity index is 0.00000264. The van der Waals surface area contributed by atoms with Crippen molar-refractivity contribution in [1.29, 1.82) is 0 Å². The quantitative estimate of drug-likeness (QED) is 0.319. The lowest BCUT2D eigenvalue weighted by Crippen LogP contribution is -2.48. The van der Waals surface area contributed by atoms with Crippen molar-refractivity contribution in [3.8, 4) is 0 Å². The van der Waals surface area contributed by atoms with Gasteiger partial charge in [-0.25, -0.2) is 12.8 Å². The molecule has 1 fully saturated rings. The van der Waals surface area contributed by atoms with Crippen LogP contribution in [-0.2, 0) is 14.6 Å². The second kappa shape index (κ2) is 8.78. The third-order valence-corrected chi connectivity index (χ3v) is 5.08. The summed E-state index contributed by atoms with van der Waals surface area (Å²) in [5.41, 5.74) is 5.87. The van der Waals surface area contributed by atoms with Crippen molar-refractivity contribution in [2.24, 2.45) is 10.7 Å². The van der Waals surface area contributed by atoms with E-state index in [1.165, 1.54) is 12.1 Å². The minimum absolute atomic E-state index is 0. The Bertz CT molecular complexity index is 637. The fourth-order valence-electron chi connectivity index (χ4n) is 2.17. The van der Waals surface area contributed by atoms with Crippen LogP contribution in [0.15, 0.2) is 34.2 Å². The standard InChI is InChI=1S/C14H20FN3O3S.HI/c1-11-10-18(7-8-21-11)14(16)17-6-9-22(19,20)13-4-2-12(15)3-5-13;/h2-5,11H,6-10H2,1H3,(H2,16,17);1H. The lowest BCUT2D eigenvalue weighted by Gasteiger charge is -2.31. The second-order valence-electron chi connectivity index (χ2n) is 5.14. The first kappa shape index (κ1) is 20.1. The van der Waals surface area contributed by atoms with Crippen molar-refractivity contribution in [2.45, 2.75) is 17.9 Å². The SMILES string of the molecule is CC1CN(C(N)=NCCS(=O)(=O)c2ccc(F)cc2)CCO1.I. The molecule has 1 aromatic carbocycles. The highest BCUT2D eigenvalue weighted by Gasteiger charge is 2.18. The topological polar surface area (TPSA) is 85.0 Å². The van der Waals surface area contributed by atoms with E-state index in [-0.39, 0.29) is 47.3 Å². The average molecular weight is 457 g/mol. The Hall–Kier alpha value is -0.940. The second-order valence-corrected chi connectivity index (χ2v) is 7.25. The molecule has 0 aromatic heterocycles. The summed E-state index contributed by atoms with van der Waals surface area (Å²) in [7, 11) is -3.49. The van der Waals surface area contributed by atoms with Gasteiger partial charge in [0.25, 0.3) is 0 Å². The minimum atomic E-state index is -3.49. The Kier molecular flexibility index (Phi) is 7.68. The zero-order chi connectivity index (χ0) is 16.2. The molecule has 2 N–H and O–H groups in total. The molecule has 9 heteroatoms. The summed E-state index contributed by atoms with van der Waals surface area (Å²) in [6.07, 6.45) is 0.0745. The van der Waals surface area contributed by atoms with Crippen LogP contribution >= 0.6 is 24.0 Å². The molecule has 6 nitrogen and oxygen atoms in total. The summed E-state index contributed by atoms with van der Waals surface area (Å²) < 4.78 is 42.4. The van der Waals surface area contributed by atoms with E-state index in [1.807, 2.05) is 11.8 Å². The van der Waals surface area contributed by atoms with Gasteiger partial charge in [-0.05, 0) is 31.2 Å². The number of ether oxygens (including phenoxy) is 1. The lowest BCUT2D eigenvalue weighted by molar-refractivity contribution is 0.00531. The number of rotatable bonds is 4. The van der Waals surface area contributed by atoms with Gasteiger partial charge in [-0.1, -0.05) is 0 Å². The Labute approximate surface area is 152 Å². The van der Waals surface area contributed by atoms with Gasteiger partial charge in [-0.15, -0.1) is 24.0 Å². The van der Waals surface area contributed by atoms with Crippen LogP contribution in [0.2, 0.25) is 0 Å². The van der Waals surface area contributed by atoms with E-state index in [9.17, 15) is 12.8 Å². The third-order valence-electron chi connectivity index (χ3n) is 3.37. The number of guanidine groups is 1. The molecule has 1 saturated heterocycles. The van der Waals surface area contributed by atoms with E-state index in [0.29, 0.717) is 25.7 Å². The normalized spacial score (nSPS) is 19.3. The van der Waals surface area contributed by atoms with Gasteiger partial charge in [0.2, 0.25) is 0 Å². The highest BCUT2D eigenvalue weighted by molar-refractivity contribution is 14.0. The summed E-state index contributed by atoms with van der Waals surface area (Å²) >= 11 is 0. The maximum absolute atomic E-state index is 12.8. The zero-order valence-electron chi connectivity index (χ0n) is 12.8. The lowest BCUT2D eigenvalue weighted by atomic mass is 10.3. The summed E-state index contributed by atoms with van der Waals surface area (Å²) in [5, 5.41) is 0. The van der Waals surface area contributed by atoms with E-state index < -0.39 is 15.7 Å². The first-order valence-electron chi connectivity index (χ1n) is 7.03. The molecule has 130 valence electrons. The van der Waals surface area contributed by atoms with Gasteiger partial charge in [-0.2, -0.15) is 0 Å². The number of benzene rings is 1. The number of nitrogens with two attached hydrogens (primary N) is 1. The highest BCUT2D eigenvalue weighted by Crippen LogP contribution is 2.12. The van der Waals surface area contributed by atoms with Crippen molar-refractivity contribution in [3.63, 3.8) is 0 Å². The largest absolute Gasteiger partial charge is 0.375 e. The van der Waals surface area contributed by atoms with Crippen LogP contribution in [0, 0.1) is 5.82 Å². The molecule has 1 aliphatic heterocycles. The Morgan fingerprint density at radius 2 is 2.09 bits per heavy atom. The predicted octanol–water partition coefficient (Wildman–Crippen LogP) is 1.25. The maximum Gasteiger partial charge on any atom is 0.191 e. The van der Waals surface area contributed by atoms with Crippen molar-refractivity contribution >= 4 is 39.8 Å². The molecule has 1 aliphatic rings. The highest BCUT2D eigenvalue weighted by atomic mass is 127. The molecule has 0 saturated carbocycles. The minimum Gasteiger partial charge on any atom is -0.375 e. The molecular formula is C14H21FIN3O3S. The molecule has 23 heavy (non-hydrogen) atoms. The maximum atomic E-state index is 12.8. The molecule has 1 unspecified atom stereocenters. The number of nitrogens with zero attached hydrogens (tertiary/aromatic N) is 2. The van der Waals surface area contributed by atoms with Crippen molar-refractivity contribution in [1.82, 2.24) is 4.90 Å². The summed E-state index contributed by atoms with van der Waals surface area (Å²) in [6, 6.07) is 4.75. The van der Waals surface area contributed by atoms with Crippen molar-refractivity contribution < 1.29 is 17.5 Å². The summed E-state index contributed by atoms with van der Waals surface area (Å²) in [6.45, 7) is 3.87. The molecular weight excluding hydrogens is 436 g/mol. The van der Waals surface area contributed by atoms with Crippen LogP contribution in [-0.4, -0.2) is 57.4 Å².